The third-order valence-electron chi connectivity index (χ3n) is 4.93. The summed E-state index contributed by atoms with van der Waals surface area (Å²) in [5, 5.41) is 9.51. The summed E-state index contributed by atoms with van der Waals surface area (Å²) in [6, 6.07) is 12.6. The molecule has 1 aliphatic carbocycles. The Morgan fingerprint density at radius 1 is 1.07 bits per heavy atom. The van der Waals surface area contributed by atoms with Gasteiger partial charge < -0.3 is 5.11 Å². The minimum atomic E-state index is -4.46. The Morgan fingerprint density at radius 2 is 1.74 bits per heavy atom. The number of hydrogen-bond donors (Lipinski definition) is 1. The van der Waals surface area contributed by atoms with E-state index in [1.807, 2.05) is 0 Å². The van der Waals surface area contributed by atoms with Crippen LogP contribution in [0.1, 0.15) is 34.6 Å². The van der Waals surface area contributed by atoms with E-state index in [4.69, 9.17) is 0 Å². The van der Waals surface area contributed by atoms with Crippen molar-refractivity contribution in [3.05, 3.63) is 76.4 Å². The van der Waals surface area contributed by atoms with Gasteiger partial charge in [-0.15, -0.1) is 0 Å². The van der Waals surface area contributed by atoms with Crippen LogP contribution < -0.4 is 0 Å². The first-order valence-corrected chi connectivity index (χ1v) is 8.37. The van der Waals surface area contributed by atoms with Crippen molar-refractivity contribution >= 4 is 18.0 Å². The van der Waals surface area contributed by atoms with Gasteiger partial charge in [0.2, 0.25) is 0 Å². The second-order valence-corrected chi connectivity index (χ2v) is 6.47. The van der Waals surface area contributed by atoms with Crippen molar-refractivity contribution in [2.75, 3.05) is 6.67 Å². The molecule has 1 atom stereocenters. The zero-order chi connectivity index (χ0) is 19.2. The number of nitrogens with zero attached hydrogens (tertiary/aromatic N) is 2. The molecule has 4 nitrogen and oxygen atoms in total. The number of carbonyl (C=O) groups is 1. The first-order chi connectivity index (χ1) is 12.9. The first-order valence-electron chi connectivity index (χ1n) is 8.37. The van der Waals surface area contributed by atoms with Gasteiger partial charge in [-0.1, -0.05) is 42.5 Å². The summed E-state index contributed by atoms with van der Waals surface area (Å²) in [4.78, 5) is 16.8. The van der Waals surface area contributed by atoms with Crippen molar-refractivity contribution in [1.29, 1.82) is 0 Å². The van der Waals surface area contributed by atoms with E-state index in [0.717, 1.165) is 11.0 Å². The highest BCUT2D eigenvalue weighted by molar-refractivity contribution is 5.98. The molecule has 0 saturated heterocycles. The maximum atomic E-state index is 13.6. The largest absolute Gasteiger partial charge is 0.465 e. The molecule has 7 heteroatoms. The van der Waals surface area contributed by atoms with Gasteiger partial charge >= 0.3 is 12.3 Å². The molecule has 0 spiro atoms. The van der Waals surface area contributed by atoms with Crippen molar-refractivity contribution < 1.29 is 23.1 Å². The standard InChI is InChI=1S/C20H15F3N2O2/c21-20(22,23)17-8-4-3-6-14(17)16-9-12-10-24-11-25(19(26)27)18(12)15-7-2-1-5-13(15)16/h1-8,10,16H,9,11H2,(H,26,27). The van der Waals surface area contributed by atoms with Crippen LogP contribution in [0.15, 0.2) is 59.1 Å². The molecule has 1 unspecified atom stereocenters. The van der Waals surface area contributed by atoms with Gasteiger partial charge in [0.15, 0.2) is 0 Å². The van der Waals surface area contributed by atoms with Gasteiger partial charge in [0.1, 0.15) is 6.67 Å². The fourth-order valence-corrected chi connectivity index (χ4v) is 3.84. The van der Waals surface area contributed by atoms with Gasteiger partial charge in [0.25, 0.3) is 0 Å². The highest BCUT2D eigenvalue weighted by Gasteiger charge is 2.39. The Labute approximate surface area is 153 Å². The van der Waals surface area contributed by atoms with E-state index in [-0.39, 0.29) is 18.7 Å². The summed E-state index contributed by atoms with van der Waals surface area (Å²) >= 11 is 0. The second kappa shape index (κ2) is 6.26. The lowest BCUT2D eigenvalue weighted by Crippen LogP contribution is -2.34. The minimum absolute atomic E-state index is 0.0215. The molecule has 0 bridgehead atoms. The van der Waals surface area contributed by atoms with E-state index < -0.39 is 23.8 Å². The maximum Gasteiger partial charge on any atom is 0.416 e. The zero-order valence-corrected chi connectivity index (χ0v) is 14.1. The minimum Gasteiger partial charge on any atom is -0.465 e. The Kier molecular flexibility index (Phi) is 4.02. The van der Waals surface area contributed by atoms with Crippen LogP contribution in [0.25, 0.3) is 5.70 Å². The molecule has 27 heavy (non-hydrogen) atoms. The number of allylic oxidation sites excluding steroid dienone is 1. The van der Waals surface area contributed by atoms with Crippen molar-refractivity contribution in [3.63, 3.8) is 0 Å². The van der Waals surface area contributed by atoms with Crippen molar-refractivity contribution in [2.45, 2.75) is 18.5 Å². The lowest BCUT2D eigenvalue weighted by Gasteiger charge is -2.35. The van der Waals surface area contributed by atoms with Crippen LogP contribution in [0.4, 0.5) is 18.0 Å². The monoisotopic (exact) mass is 372 g/mol. The Balaban J connectivity index is 1.91. The van der Waals surface area contributed by atoms with Crippen molar-refractivity contribution in [3.8, 4) is 0 Å². The van der Waals surface area contributed by atoms with Crippen LogP contribution in [-0.2, 0) is 6.18 Å². The highest BCUT2D eigenvalue weighted by atomic mass is 19.4. The molecule has 0 fully saturated rings. The highest BCUT2D eigenvalue weighted by Crippen LogP contribution is 2.46. The van der Waals surface area contributed by atoms with Crippen LogP contribution in [-0.4, -0.2) is 29.0 Å². The van der Waals surface area contributed by atoms with Crippen LogP contribution in [0.5, 0.6) is 0 Å². The van der Waals surface area contributed by atoms with Gasteiger partial charge in [-0.25, -0.2) is 4.79 Å². The Hall–Kier alpha value is -3.09. The average Bonchev–Trinajstić information content (AvgIpc) is 2.66. The molecule has 0 saturated carbocycles. The number of amides is 1. The third-order valence-corrected chi connectivity index (χ3v) is 4.93. The topological polar surface area (TPSA) is 52.9 Å². The van der Waals surface area contributed by atoms with Crippen LogP contribution in [0.2, 0.25) is 0 Å². The van der Waals surface area contributed by atoms with Crippen molar-refractivity contribution in [1.82, 2.24) is 4.90 Å². The van der Waals surface area contributed by atoms with E-state index in [9.17, 15) is 23.1 Å². The number of rotatable bonds is 1. The molecule has 2 aromatic rings. The smallest absolute Gasteiger partial charge is 0.416 e. The van der Waals surface area contributed by atoms with E-state index in [1.165, 1.54) is 12.1 Å². The molecule has 0 aromatic heterocycles. The molecule has 1 amide bonds. The van der Waals surface area contributed by atoms with Crippen molar-refractivity contribution in [2.24, 2.45) is 4.99 Å². The predicted octanol–water partition coefficient (Wildman–Crippen LogP) is 4.97. The van der Waals surface area contributed by atoms with Crippen LogP contribution in [0, 0.1) is 0 Å². The lowest BCUT2D eigenvalue weighted by molar-refractivity contribution is -0.138. The second-order valence-electron chi connectivity index (χ2n) is 6.47. The van der Waals surface area contributed by atoms with Gasteiger partial charge in [0, 0.05) is 17.7 Å². The summed E-state index contributed by atoms with van der Waals surface area (Å²) in [6.07, 6.45) is -3.77. The van der Waals surface area contributed by atoms with Gasteiger partial charge in [-0.2, -0.15) is 13.2 Å². The zero-order valence-electron chi connectivity index (χ0n) is 14.1. The fraction of sp³-hybridized carbons (Fsp3) is 0.200. The van der Waals surface area contributed by atoms with Gasteiger partial charge in [-0.3, -0.25) is 9.89 Å². The number of benzene rings is 2. The molecular weight excluding hydrogens is 357 g/mol. The van der Waals surface area contributed by atoms with E-state index in [2.05, 4.69) is 4.99 Å². The number of fused-ring (bicyclic) bond motifs is 2. The third kappa shape index (κ3) is 2.89. The number of aliphatic imine (C=N–C) groups is 1. The molecule has 2 aromatic carbocycles. The molecule has 138 valence electrons. The number of alkyl halides is 3. The number of carboxylic acid groups (broad SMARTS) is 1. The Bertz CT molecular complexity index is 979. The Morgan fingerprint density at radius 3 is 2.44 bits per heavy atom. The summed E-state index contributed by atoms with van der Waals surface area (Å²) in [7, 11) is 0. The first kappa shape index (κ1) is 17.3. The predicted molar refractivity (Wildman–Crippen MR) is 94.5 cm³/mol. The maximum absolute atomic E-state index is 13.6. The number of halogens is 3. The normalized spacial score (nSPS) is 18.9. The molecule has 0 radical (unpaired) electrons. The van der Waals surface area contributed by atoms with Gasteiger partial charge in [-0.05, 0) is 29.2 Å². The quantitative estimate of drug-likeness (QED) is 0.768. The molecular formula is C20H15F3N2O2. The molecule has 4 rings (SSSR count). The summed E-state index contributed by atoms with van der Waals surface area (Å²) in [5.41, 5.74) is 1.98. The van der Waals surface area contributed by atoms with E-state index in [0.29, 0.717) is 22.4 Å². The summed E-state index contributed by atoms with van der Waals surface area (Å²) < 4.78 is 40.7. The summed E-state index contributed by atoms with van der Waals surface area (Å²) in [5.74, 6) is -0.530. The fourth-order valence-electron chi connectivity index (χ4n) is 3.84. The number of hydrogen-bond acceptors (Lipinski definition) is 2. The van der Waals surface area contributed by atoms with Crippen LogP contribution in [0.3, 0.4) is 0 Å². The molecule has 2 aliphatic rings. The van der Waals surface area contributed by atoms with E-state index >= 15 is 0 Å². The molecule has 1 aliphatic heterocycles. The SMILES string of the molecule is O=C(O)N1CN=CC2=C1c1ccccc1C(c1ccccc1C(F)(F)F)C2. The molecule has 1 N–H and O–H groups in total. The molecule has 1 heterocycles. The lowest BCUT2D eigenvalue weighted by atomic mass is 9.76. The average molecular weight is 372 g/mol. The van der Waals surface area contributed by atoms with Gasteiger partial charge in [0.05, 0.1) is 11.3 Å². The van der Waals surface area contributed by atoms with Crippen LogP contribution >= 0.6 is 0 Å². The van der Waals surface area contributed by atoms with E-state index in [1.54, 1.807) is 36.5 Å². The summed E-state index contributed by atoms with van der Waals surface area (Å²) in [6.45, 7) is -0.0215.